The molecule has 0 unspecified atom stereocenters. The van der Waals surface area contributed by atoms with Crippen LogP contribution >= 0.6 is 11.6 Å². The highest BCUT2D eigenvalue weighted by Crippen LogP contribution is 2.41. The van der Waals surface area contributed by atoms with Crippen molar-refractivity contribution in [3.05, 3.63) is 38.4 Å². The molecule has 1 aromatic carbocycles. The Bertz CT molecular complexity index is 580. The molecular weight excluding hydrogens is 320 g/mol. The number of rotatable bonds is 2. The van der Waals surface area contributed by atoms with E-state index < -0.39 is 44.9 Å². The van der Waals surface area contributed by atoms with E-state index in [2.05, 4.69) is 0 Å². The van der Waals surface area contributed by atoms with E-state index in [0.717, 1.165) is 0 Å². The molecule has 0 aromatic heterocycles. The van der Waals surface area contributed by atoms with E-state index in [0.29, 0.717) is 0 Å². The number of hydrogen-bond acceptors (Lipinski definition) is 3. The zero-order valence-electron chi connectivity index (χ0n) is 8.97. The second-order valence-corrected chi connectivity index (χ2v) is 3.87. The number of alkyl halides is 6. The van der Waals surface area contributed by atoms with Crippen LogP contribution in [0.25, 0.3) is 0 Å². The average molecular weight is 322 g/mol. The number of nitrogens with zero attached hydrogens (tertiary/aromatic N) is 1. The molecule has 0 amide bonds. The van der Waals surface area contributed by atoms with Gasteiger partial charge in [-0.3, -0.25) is 14.9 Å². The summed E-state index contributed by atoms with van der Waals surface area (Å²) in [5.74, 6) is -2.78. The molecule has 0 heterocycles. The van der Waals surface area contributed by atoms with Gasteiger partial charge in [-0.15, -0.1) is 0 Å². The Morgan fingerprint density at radius 3 is 2.00 bits per heavy atom. The normalized spacial score (nSPS) is 12.3. The van der Waals surface area contributed by atoms with E-state index in [-0.39, 0.29) is 12.1 Å². The smallest absolute Gasteiger partial charge is 0.284 e. The van der Waals surface area contributed by atoms with E-state index in [1.807, 2.05) is 0 Å². The average Bonchev–Trinajstić information content (AvgIpc) is 2.23. The van der Waals surface area contributed by atoms with Gasteiger partial charge in [0.15, 0.2) is 0 Å². The molecule has 0 radical (unpaired) electrons. The first-order valence-corrected chi connectivity index (χ1v) is 4.90. The molecular formula is C9H2ClF6NO3. The summed E-state index contributed by atoms with van der Waals surface area (Å²) in [5, 5.41) is 9.70. The molecule has 0 spiro atoms. The van der Waals surface area contributed by atoms with Crippen LogP contribution in [-0.2, 0) is 6.18 Å². The minimum absolute atomic E-state index is 0.0762. The van der Waals surface area contributed by atoms with Crippen LogP contribution in [0.4, 0.5) is 32.0 Å². The summed E-state index contributed by atoms with van der Waals surface area (Å²) in [7, 11) is 0. The molecule has 0 saturated carbocycles. The Morgan fingerprint density at radius 2 is 1.65 bits per heavy atom. The lowest BCUT2D eigenvalue weighted by molar-refractivity contribution is -0.388. The zero-order chi connectivity index (χ0) is 15.9. The minimum atomic E-state index is -5.57. The first-order valence-electron chi connectivity index (χ1n) is 4.52. The van der Waals surface area contributed by atoms with Gasteiger partial charge < -0.3 is 0 Å². The third-order valence-electron chi connectivity index (χ3n) is 2.06. The summed E-state index contributed by atoms with van der Waals surface area (Å²) in [5.41, 5.74) is -5.77. The first kappa shape index (κ1) is 16.2. The van der Waals surface area contributed by atoms with E-state index in [4.69, 9.17) is 11.6 Å². The van der Waals surface area contributed by atoms with E-state index >= 15 is 0 Å². The summed E-state index contributed by atoms with van der Waals surface area (Å²) >= 11 is 5.18. The van der Waals surface area contributed by atoms with Crippen molar-refractivity contribution in [2.24, 2.45) is 0 Å². The molecule has 1 aromatic rings. The fraction of sp³-hybridized carbons (Fsp3) is 0.222. The lowest BCUT2D eigenvalue weighted by atomic mass is 10.0. The Kier molecular flexibility index (Phi) is 3.99. The van der Waals surface area contributed by atoms with Crippen LogP contribution in [0, 0.1) is 10.1 Å². The number of halogens is 7. The van der Waals surface area contributed by atoms with Crippen LogP contribution in [0.5, 0.6) is 0 Å². The Hall–Kier alpha value is -1.84. The monoisotopic (exact) mass is 321 g/mol. The number of benzene rings is 1. The topological polar surface area (TPSA) is 60.2 Å². The molecule has 0 aliphatic heterocycles. The number of hydrogen-bond donors (Lipinski definition) is 0. The number of nitro groups is 1. The van der Waals surface area contributed by atoms with Gasteiger partial charge in [-0.1, -0.05) is 11.6 Å². The van der Waals surface area contributed by atoms with Crippen molar-refractivity contribution >= 4 is 23.1 Å². The largest absolute Gasteiger partial charge is 0.455 e. The maximum absolute atomic E-state index is 12.6. The van der Waals surface area contributed by atoms with E-state index in [1.54, 1.807) is 0 Å². The van der Waals surface area contributed by atoms with Crippen molar-refractivity contribution in [2.45, 2.75) is 12.4 Å². The van der Waals surface area contributed by atoms with Gasteiger partial charge >= 0.3 is 12.4 Å². The molecule has 1 rings (SSSR count). The van der Waals surface area contributed by atoms with Crippen LogP contribution in [-0.4, -0.2) is 16.9 Å². The van der Waals surface area contributed by atoms with Crippen molar-refractivity contribution in [3.63, 3.8) is 0 Å². The second kappa shape index (κ2) is 4.93. The molecule has 0 aliphatic carbocycles. The highest BCUT2D eigenvalue weighted by molar-refractivity contribution is 6.31. The summed E-state index contributed by atoms with van der Waals surface area (Å²) in [6.45, 7) is 0. The number of ketones is 1. The van der Waals surface area contributed by atoms with Gasteiger partial charge in [-0.25, -0.2) is 0 Å². The Morgan fingerprint density at radius 1 is 1.15 bits per heavy atom. The molecule has 11 heteroatoms. The number of Topliss-reactive ketones (excluding diaryl/α,β-unsaturated/α-hetero) is 1. The SMILES string of the molecule is O=C(c1cc(Cl)cc(C(F)(F)F)c1[N+](=O)[O-])C(F)(F)F. The number of carbonyl (C=O) groups excluding carboxylic acids is 1. The molecule has 0 N–H and O–H groups in total. The Labute approximate surface area is 111 Å². The highest BCUT2D eigenvalue weighted by atomic mass is 35.5. The predicted molar refractivity (Wildman–Crippen MR) is 53.5 cm³/mol. The Balaban J connectivity index is 3.73. The number of carbonyl (C=O) groups is 1. The molecule has 110 valence electrons. The summed E-state index contributed by atoms with van der Waals surface area (Å²) in [6.07, 6.45) is -10.9. The van der Waals surface area contributed by atoms with Crippen LogP contribution in [0.15, 0.2) is 12.1 Å². The highest BCUT2D eigenvalue weighted by Gasteiger charge is 2.47. The van der Waals surface area contributed by atoms with Crippen LogP contribution in [0.2, 0.25) is 5.02 Å². The van der Waals surface area contributed by atoms with Gasteiger partial charge in [0.25, 0.3) is 11.5 Å². The van der Waals surface area contributed by atoms with Crippen LogP contribution in [0.3, 0.4) is 0 Å². The molecule has 0 fully saturated rings. The standard InChI is InChI=1S/C9H2ClF6NO3/c10-3-1-4(7(18)9(14,15)16)6(17(19)20)5(2-3)8(11,12)13/h1-2H. The van der Waals surface area contributed by atoms with Crippen molar-refractivity contribution in [3.8, 4) is 0 Å². The molecule has 0 bridgehead atoms. The van der Waals surface area contributed by atoms with E-state index in [9.17, 15) is 41.3 Å². The van der Waals surface area contributed by atoms with Gasteiger partial charge in [0.2, 0.25) is 0 Å². The number of nitro benzene ring substituents is 1. The summed E-state index contributed by atoms with van der Waals surface area (Å²) in [6, 6.07) is 0.248. The van der Waals surface area contributed by atoms with Crippen molar-refractivity contribution < 1.29 is 36.1 Å². The van der Waals surface area contributed by atoms with E-state index in [1.165, 1.54) is 0 Å². The van der Waals surface area contributed by atoms with Gasteiger partial charge in [-0.05, 0) is 12.1 Å². The molecule has 0 saturated heterocycles. The third-order valence-corrected chi connectivity index (χ3v) is 2.28. The van der Waals surface area contributed by atoms with Crippen molar-refractivity contribution in [1.82, 2.24) is 0 Å². The summed E-state index contributed by atoms with van der Waals surface area (Å²) in [4.78, 5) is 19.8. The maximum atomic E-state index is 12.6. The van der Waals surface area contributed by atoms with Crippen LogP contribution < -0.4 is 0 Å². The lowest BCUT2D eigenvalue weighted by Gasteiger charge is -2.12. The summed E-state index contributed by atoms with van der Waals surface area (Å²) < 4.78 is 74.4. The zero-order valence-corrected chi connectivity index (χ0v) is 9.73. The van der Waals surface area contributed by atoms with Crippen molar-refractivity contribution in [1.29, 1.82) is 0 Å². The maximum Gasteiger partial charge on any atom is 0.455 e. The lowest BCUT2D eigenvalue weighted by Crippen LogP contribution is -2.25. The van der Waals surface area contributed by atoms with Crippen molar-refractivity contribution in [2.75, 3.05) is 0 Å². The molecule has 4 nitrogen and oxygen atoms in total. The predicted octanol–water partition coefficient (Wildman–Crippen LogP) is 4.01. The van der Waals surface area contributed by atoms with Gasteiger partial charge in [0, 0.05) is 5.02 Å². The van der Waals surface area contributed by atoms with Gasteiger partial charge in [0.1, 0.15) is 11.1 Å². The molecule has 0 aliphatic rings. The third kappa shape index (κ3) is 3.18. The van der Waals surface area contributed by atoms with Gasteiger partial charge in [-0.2, -0.15) is 26.3 Å². The van der Waals surface area contributed by atoms with Gasteiger partial charge in [0.05, 0.1) is 4.92 Å². The quantitative estimate of drug-likeness (QED) is 0.358. The van der Waals surface area contributed by atoms with Crippen LogP contribution in [0.1, 0.15) is 15.9 Å². The second-order valence-electron chi connectivity index (χ2n) is 3.43. The minimum Gasteiger partial charge on any atom is -0.284 e. The fourth-order valence-electron chi connectivity index (χ4n) is 1.34. The molecule has 0 atom stereocenters. The fourth-order valence-corrected chi connectivity index (χ4v) is 1.56. The molecule has 20 heavy (non-hydrogen) atoms. The first-order chi connectivity index (χ1) is 8.85.